The summed E-state index contributed by atoms with van der Waals surface area (Å²) in [5.41, 5.74) is 1.16. The minimum Gasteiger partial charge on any atom is -0.341 e. The fourth-order valence-corrected chi connectivity index (χ4v) is 3.49. The van der Waals surface area contributed by atoms with Crippen LogP contribution in [0.2, 0.25) is 0 Å². The number of aromatic nitrogens is 2. The van der Waals surface area contributed by atoms with Crippen LogP contribution in [-0.4, -0.2) is 34.0 Å². The van der Waals surface area contributed by atoms with Crippen molar-refractivity contribution in [3.05, 3.63) is 70.0 Å². The number of hydrogen-bond donors (Lipinski definition) is 0. The van der Waals surface area contributed by atoms with Crippen LogP contribution in [0.3, 0.4) is 0 Å². The number of rotatable bonds is 5. The highest BCUT2D eigenvalue weighted by Crippen LogP contribution is 2.27. The van der Waals surface area contributed by atoms with E-state index in [2.05, 4.69) is 10.1 Å². The van der Waals surface area contributed by atoms with E-state index in [1.54, 1.807) is 11.3 Å². The molecule has 0 saturated carbocycles. The van der Waals surface area contributed by atoms with Gasteiger partial charge in [-0.2, -0.15) is 4.98 Å². The number of benzene rings is 1. The van der Waals surface area contributed by atoms with Gasteiger partial charge in [0, 0.05) is 24.4 Å². The topological polar surface area (TPSA) is 59.2 Å². The molecule has 0 radical (unpaired) electrons. The Balaban J connectivity index is 1.31. The Morgan fingerprint density at radius 1 is 1.21 bits per heavy atom. The molecule has 0 spiro atoms. The van der Waals surface area contributed by atoms with Gasteiger partial charge < -0.3 is 9.42 Å². The minimum absolute atomic E-state index is 0.161. The number of likely N-dealkylation sites (tertiary alicyclic amines) is 1. The zero-order chi connectivity index (χ0) is 16.4. The summed E-state index contributed by atoms with van der Waals surface area (Å²) in [6.07, 6.45) is 1.14. The normalized spacial score (nSPS) is 14.6. The molecule has 1 amide bonds. The highest BCUT2D eigenvalue weighted by atomic mass is 32.1. The lowest BCUT2D eigenvalue weighted by Crippen LogP contribution is -2.49. The Bertz CT molecular complexity index is 808. The average molecular weight is 339 g/mol. The summed E-state index contributed by atoms with van der Waals surface area (Å²) in [5, 5.41) is 6.05. The quantitative estimate of drug-likeness (QED) is 0.717. The molecule has 0 aliphatic carbocycles. The Morgan fingerprint density at radius 2 is 2.04 bits per heavy atom. The molecule has 4 rings (SSSR count). The van der Waals surface area contributed by atoms with Crippen molar-refractivity contribution >= 4 is 17.2 Å². The molecular weight excluding hydrogens is 322 g/mol. The Morgan fingerprint density at radius 3 is 2.79 bits per heavy atom. The molecule has 0 unspecified atom stereocenters. The van der Waals surface area contributed by atoms with Crippen molar-refractivity contribution in [2.24, 2.45) is 0 Å². The van der Waals surface area contributed by atoms with E-state index in [9.17, 15) is 4.79 Å². The van der Waals surface area contributed by atoms with Gasteiger partial charge in [0.1, 0.15) is 0 Å². The van der Waals surface area contributed by atoms with E-state index in [0.717, 1.165) is 10.4 Å². The largest absolute Gasteiger partial charge is 0.341 e. The van der Waals surface area contributed by atoms with Crippen LogP contribution in [-0.2, 0) is 17.6 Å². The molecule has 0 atom stereocenters. The Hall–Kier alpha value is -2.47. The molecule has 2 aromatic heterocycles. The maximum Gasteiger partial charge on any atom is 0.233 e. The molecule has 0 bridgehead atoms. The summed E-state index contributed by atoms with van der Waals surface area (Å²) < 4.78 is 5.38. The van der Waals surface area contributed by atoms with Crippen molar-refractivity contribution in [3.8, 4) is 0 Å². The second kappa shape index (κ2) is 6.57. The van der Waals surface area contributed by atoms with Gasteiger partial charge in [0.2, 0.25) is 11.8 Å². The molecule has 1 fully saturated rings. The Labute approximate surface area is 143 Å². The van der Waals surface area contributed by atoms with Gasteiger partial charge in [-0.25, -0.2) is 0 Å². The van der Waals surface area contributed by atoms with E-state index in [1.165, 1.54) is 0 Å². The van der Waals surface area contributed by atoms with E-state index in [-0.39, 0.29) is 11.8 Å². The first kappa shape index (κ1) is 15.1. The molecule has 6 heteroatoms. The van der Waals surface area contributed by atoms with Gasteiger partial charge >= 0.3 is 0 Å². The zero-order valence-electron chi connectivity index (χ0n) is 13.1. The number of nitrogens with zero attached hydrogens (tertiary/aromatic N) is 3. The molecule has 1 aromatic carbocycles. The van der Waals surface area contributed by atoms with Crippen molar-refractivity contribution in [2.45, 2.75) is 18.8 Å². The summed E-state index contributed by atoms with van der Waals surface area (Å²) >= 11 is 1.62. The van der Waals surface area contributed by atoms with Crippen molar-refractivity contribution in [1.82, 2.24) is 15.0 Å². The maximum atomic E-state index is 12.2. The predicted molar refractivity (Wildman–Crippen MR) is 90.9 cm³/mol. The van der Waals surface area contributed by atoms with Crippen molar-refractivity contribution < 1.29 is 9.32 Å². The number of hydrogen-bond acceptors (Lipinski definition) is 5. The maximum absolute atomic E-state index is 12.2. The van der Waals surface area contributed by atoms with Gasteiger partial charge in [-0.15, -0.1) is 11.3 Å². The molecule has 5 nitrogen and oxygen atoms in total. The summed E-state index contributed by atoms with van der Waals surface area (Å²) in [5.74, 6) is 1.66. The summed E-state index contributed by atoms with van der Waals surface area (Å²) in [7, 11) is 0. The predicted octanol–water partition coefficient (Wildman–Crippen LogP) is 2.89. The van der Waals surface area contributed by atoms with E-state index >= 15 is 0 Å². The molecule has 0 N–H and O–H groups in total. The first-order valence-corrected chi connectivity index (χ1v) is 8.82. The van der Waals surface area contributed by atoms with Crippen LogP contribution in [0.4, 0.5) is 0 Å². The summed E-state index contributed by atoms with van der Waals surface area (Å²) in [6, 6.07) is 14.0. The minimum atomic E-state index is 0.161. The average Bonchev–Trinajstić information content (AvgIpc) is 3.19. The third-order valence-electron chi connectivity index (χ3n) is 4.18. The first-order valence-electron chi connectivity index (χ1n) is 7.94. The molecule has 3 aromatic rings. The number of thiophene rings is 1. The highest BCUT2D eigenvalue weighted by molar-refractivity contribution is 7.10. The summed E-state index contributed by atoms with van der Waals surface area (Å²) in [6.45, 7) is 1.33. The SMILES string of the molecule is O=C(Cc1cccs1)N1CC(c2nc(Cc3ccccc3)no2)C1. The van der Waals surface area contributed by atoms with Gasteiger partial charge in [-0.1, -0.05) is 41.6 Å². The molecule has 1 aliphatic rings. The van der Waals surface area contributed by atoms with Gasteiger partial charge in [0.05, 0.1) is 12.3 Å². The Kier molecular flexibility index (Phi) is 4.13. The van der Waals surface area contributed by atoms with Crippen molar-refractivity contribution in [1.29, 1.82) is 0 Å². The highest BCUT2D eigenvalue weighted by Gasteiger charge is 2.35. The first-order chi connectivity index (χ1) is 11.8. The molecule has 1 saturated heterocycles. The van der Waals surface area contributed by atoms with E-state index in [4.69, 9.17) is 4.52 Å². The van der Waals surface area contributed by atoms with E-state index < -0.39 is 0 Å². The second-order valence-corrected chi connectivity index (χ2v) is 7.00. The van der Waals surface area contributed by atoms with Crippen molar-refractivity contribution in [2.75, 3.05) is 13.1 Å². The van der Waals surface area contributed by atoms with Gasteiger partial charge in [-0.3, -0.25) is 4.79 Å². The fraction of sp³-hybridized carbons (Fsp3) is 0.278. The number of carbonyl (C=O) groups excluding carboxylic acids is 1. The zero-order valence-corrected chi connectivity index (χ0v) is 13.9. The third kappa shape index (κ3) is 3.23. The second-order valence-electron chi connectivity index (χ2n) is 5.96. The smallest absolute Gasteiger partial charge is 0.233 e. The van der Waals surface area contributed by atoms with Gasteiger partial charge in [-0.05, 0) is 17.0 Å². The lowest BCUT2D eigenvalue weighted by molar-refractivity contribution is -0.135. The molecule has 3 heterocycles. The van der Waals surface area contributed by atoms with E-state index in [0.29, 0.717) is 37.6 Å². The van der Waals surface area contributed by atoms with Crippen LogP contribution in [0.5, 0.6) is 0 Å². The number of amides is 1. The fourth-order valence-electron chi connectivity index (χ4n) is 2.80. The van der Waals surface area contributed by atoms with Crippen LogP contribution < -0.4 is 0 Å². The summed E-state index contributed by atoms with van der Waals surface area (Å²) in [4.78, 5) is 19.6. The van der Waals surface area contributed by atoms with E-state index in [1.807, 2.05) is 52.7 Å². The lowest BCUT2D eigenvalue weighted by atomic mass is 9.99. The van der Waals surface area contributed by atoms with Crippen molar-refractivity contribution in [3.63, 3.8) is 0 Å². The number of carbonyl (C=O) groups is 1. The van der Waals surface area contributed by atoms with Gasteiger partial charge in [0.15, 0.2) is 5.82 Å². The molecule has 1 aliphatic heterocycles. The van der Waals surface area contributed by atoms with Crippen LogP contribution in [0.1, 0.15) is 28.1 Å². The molecular formula is C18H17N3O2S. The van der Waals surface area contributed by atoms with Crippen LogP contribution >= 0.6 is 11.3 Å². The molecule has 122 valence electrons. The third-order valence-corrected chi connectivity index (χ3v) is 5.05. The van der Waals surface area contributed by atoms with Crippen LogP contribution in [0.15, 0.2) is 52.4 Å². The standard InChI is InChI=1S/C18H17N3O2S/c22-17(10-15-7-4-8-24-15)21-11-14(12-21)18-19-16(20-23-18)9-13-5-2-1-3-6-13/h1-8,14H,9-12H2. The van der Waals surface area contributed by atoms with Gasteiger partial charge in [0.25, 0.3) is 0 Å². The molecule has 24 heavy (non-hydrogen) atoms. The van der Waals surface area contributed by atoms with Crippen LogP contribution in [0.25, 0.3) is 0 Å². The van der Waals surface area contributed by atoms with Crippen LogP contribution in [0, 0.1) is 0 Å². The monoisotopic (exact) mass is 339 g/mol. The lowest BCUT2D eigenvalue weighted by Gasteiger charge is -2.37.